The Morgan fingerprint density at radius 1 is 1.23 bits per heavy atom. The van der Waals surface area contributed by atoms with E-state index in [4.69, 9.17) is 9.51 Å². The monoisotopic (exact) mass is 353 g/mol. The average molecular weight is 353 g/mol. The van der Waals surface area contributed by atoms with Gasteiger partial charge in [0.25, 0.3) is 5.91 Å². The van der Waals surface area contributed by atoms with Crippen molar-refractivity contribution in [3.8, 4) is 0 Å². The highest BCUT2D eigenvalue weighted by Crippen LogP contribution is 2.29. The maximum absolute atomic E-state index is 12.9. The van der Waals surface area contributed by atoms with Crippen LogP contribution in [0.25, 0.3) is 11.0 Å². The summed E-state index contributed by atoms with van der Waals surface area (Å²) in [5.74, 6) is 0.815. The van der Waals surface area contributed by atoms with Gasteiger partial charge in [0.2, 0.25) is 0 Å². The van der Waals surface area contributed by atoms with Crippen LogP contribution >= 0.6 is 0 Å². The van der Waals surface area contributed by atoms with Crippen molar-refractivity contribution >= 4 is 16.9 Å². The summed E-state index contributed by atoms with van der Waals surface area (Å²) in [6.45, 7) is 7.01. The van der Waals surface area contributed by atoms with Crippen molar-refractivity contribution in [2.75, 3.05) is 13.1 Å². The molecule has 1 aliphatic heterocycles. The molecule has 3 aromatic rings. The highest BCUT2D eigenvalue weighted by atomic mass is 16.5. The average Bonchev–Trinajstić information content (AvgIpc) is 3.13. The Labute approximate surface area is 152 Å². The van der Waals surface area contributed by atoms with Crippen molar-refractivity contribution in [3.63, 3.8) is 0 Å². The van der Waals surface area contributed by atoms with Gasteiger partial charge in [-0.3, -0.25) is 9.48 Å². The van der Waals surface area contributed by atoms with Gasteiger partial charge in [-0.15, -0.1) is 0 Å². The summed E-state index contributed by atoms with van der Waals surface area (Å²) in [5, 5.41) is 9.44. The zero-order valence-corrected chi connectivity index (χ0v) is 15.6. The number of carbonyl (C=O) groups excluding carboxylic acids is 1. The summed E-state index contributed by atoms with van der Waals surface area (Å²) < 4.78 is 6.99. The van der Waals surface area contributed by atoms with E-state index in [1.54, 1.807) is 6.92 Å². The van der Waals surface area contributed by atoms with Gasteiger partial charge in [0.15, 0.2) is 5.65 Å². The number of aromatic nitrogens is 4. The number of hydrogen-bond acceptors (Lipinski definition) is 5. The smallest absolute Gasteiger partial charge is 0.259 e. The Bertz CT molecular complexity index is 968. The first-order valence-electron chi connectivity index (χ1n) is 8.98. The molecule has 0 N–H and O–H groups in total. The van der Waals surface area contributed by atoms with Crippen LogP contribution in [0.3, 0.4) is 0 Å². The topological polar surface area (TPSA) is 77.0 Å². The predicted molar refractivity (Wildman–Crippen MR) is 97.1 cm³/mol. The lowest BCUT2D eigenvalue weighted by Crippen LogP contribution is -2.39. The van der Waals surface area contributed by atoms with Crippen LogP contribution in [0.4, 0.5) is 0 Å². The van der Waals surface area contributed by atoms with E-state index in [2.05, 4.69) is 22.4 Å². The number of piperidine rings is 1. The fraction of sp³-hybridized carbons (Fsp3) is 0.474. The van der Waals surface area contributed by atoms with Gasteiger partial charge in [-0.25, -0.2) is 4.98 Å². The second-order valence-electron chi connectivity index (χ2n) is 7.11. The molecule has 1 saturated heterocycles. The van der Waals surface area contributed by atoms with Crippen LogP contribution in [-0.2, 0) is 7.05 Å². The van der Waals surface area contributed by atoms with Crippen molar-refractivity contribution in [3.05, 3.63) is 40.5 Å². The predicted octanol–water partition coefficient (Wildman–Crippen LogP) is 2.90. The maximum atomic E-state index is 12.9. The minimum Gasteiger partial charge on any atom is -0.361 e. The van der Waals surface area contributed by atoms with Crippen LogP contribution in [0.1, 0.15) is 52.0 Å². The van der Waals surface area contributed by atoms with Gasteiger partial charge in [-0.1, -0.05) is 5.16 Å². The summed E-state index contributed by atoms with van der Waals surface area (Å²) in [4.78, 5) is 19.7. The van der Waals surface area contributed by atoms with Crippen molar-refractivity contribution < 1.29 is 9.32 Å². The van der Waals surface area contributed by atoms with E-state index in [-0.39, 0.29) is 11.8 Å². The molecule has 136 valence electrons. The van der Waals surface area contributed by atoms with Gasteiger partial charge >= 0.3 is 0 Å². The second-order valence-corrected chi connectivity index (χ2v) is 7.11. The van der Waals surface area contributed by atoms with Crippen LogP contribution in [0.5, 0.6) is 0 Å². The highest BCUT2D eigenvalue weighted by molar-refractivity contribution is 5.96. The summed E-state index contributed by atoms with van der Waals surface area (Å²) >= 11 is 0. The molecule has 7 nitrogen and oxygen atoms in total. The molecule has 4 heterocycles. The fourth-order valence-electron chi connectivity index (χ4n) is 3.90. The fourth-order valence-corrected chi connectivity index (χ4v) is 3.90. The number of aryl methyl sites for hydroxylation is 4. The first-order chi connectivity index (χ1) is 12.5. The second kappa shape index (κ2) is 6.23. The van der Waals surface area contributed by atoms with E-state index in [1.165, 1.54) is 0 Å². The van der Waals surface area contributed by atoms with Gasteiger partial charge < -0.3 is 9.42 Å². The molecule has 1 aliphatic rings. The third kappa shape index (κ3) is 2.67. The molecule has 0 saturated carbocycles. The summed E-state index contributed by atoms with van der Waals surface area (Å²) in [5.41, 5.74) is 4.15. The third-order valence-electron chi connectivity index (χ3n) is 5.27. The highest BCUT2D eigenvalue weighted by Gasteiger charge is 2.29. The van der Waals surface area contributed by atoms with E-state index in [1.807, 2.05) is 30.5 Å². The zero-order chi connectivity index (χ0) is 18.4. The number of likely N-dealkylation sites (tertiary alicyclic amines) is 1. The Balaban J connectivity index is 1.61. The standard InChI is InChI=1S/C19H23N5O2/c1-11-15-7-8-16(20-18(15)23(4)21-11)14-6-5-9-24(10-14)19(25)17-12(2)22-26-13(17)3/h7-8,14H,5-6,9-10H2,1-4H3. The molecule has 7 heteroatoms. The van der Waals surface area contributed by atoms with Crippen LogP contribution in [0, 0.1) is 20.8 Å². The SMILES string of the molecule is Cc1noc(C)c1C(=O)N1CCCC(c2ccc3c(C)nn(C)c3n2)C1. The molecule has 1 atom stereocenters. The van der Waals surface area contributed by atoms with Crippen LogP contribution in [0.15, 0.2) is 16.7 Å². The van der Waals surface area contributed by atoms with Crippen LogP contribution in [0.2, 0.25) is 0 Å². The zero-order valence-electron chi connectivity index (χ0n) is 15.6. The molecule has 0 radical (unpaired) electrons. The molecule has 0 spiro atoms. The van der Waals surface area contributed by atoms with Crippen molar-refractivity contribution in [2.45, 2.75) is 39.5 Å². The number of hydrogen-bond donors (Lipinski definition) is 0. The third-order valence-corrected chi connectivity index (χ3v) is 5.27. The Hall–Kier alpha value is -2.70. The van der Waals surface area contributed by atoms with Gasteiger partial charge in [-0.05, 0) is 45.7 Å². The maximum Gasteiger partial charge on any atom is 0.259 e. The van der Waals surface area contributed by atoms with E-state index in [0.29, 0.717) is 23.6 Å². The minimum absolute atomic E-state index is 0.00315. The first-order valence-corrected chi connectivity index (χ1v) is 8.98. The molecule has 1 fully saturated rings. The Morgan fingerprint density at radius 3 is 2.77 bits per heavy atom. The normalized spacial score (nSPS) is 17.8. The van der Waals surface area contributed by atoms with E-state index >= 15 is 0 Å². The number of amides is 1. The molecule has 4 rings (SSSR count). The molecular formula is C19H23N5O2. The summed E-state index contributed by atoms with van der Waals surface area (Å²) in [6, 6.07) is 4.17. The molecule has 1 unspecified atom stereocenters. The molecule has 0 aromatic carbocycles. The number of pyridine rings is 1. The van der Waals surface area contributed by atoms with E-state index in [9.17, 15) is 4.79 Å². The number of carbonyl (C=O) groups is 1. The number of nitrogens with zero attached hydrogens (tertiary/aromatic N) is 5. The first kappa shape index (κ1) is 16.8. The van der Waals surface area contributed by atoms with Crippen molar-refractivity contribution in [1.29, 1.82) is 0 Å². The number of fused-ring (bicyclic) bond motifs is 1. The lowest BCUT2D eigenvalue weighted by Gasteiger charge is -2.32. The molecule has 0 aliphatic carbocycles. The molecule has 0 bridgehead atoms. The molecule has 3 aromatic heterocycles. The number of rotatable bonds is 2. The van der Waals surface area contributed by atoms with Crippen molar-refractivity contribution in [1.82, 2.24) is 24.8 Å². The van der Waals surface area contributed by atoms with Crippen LogP contribution < -0.4 is 0 Å². The van der Waals surface area contributed by atoms with Gasteiger partial charge in [0.05, 0.1) is 11.4 Å². The lowest BCUT2D eigenvalue weighted by atomic mass is 9.93. The quantitative estimate of drug-likeness (QED) is 0.708. The minimum atomic E-state index is 0.00315. The van der Waals surface area contributed by atoms with Gasteiger partial charge in [0, 0.05) is 37.1 Å². The molecule has 1 amide bonds. The van der Waals surface area contributed by atoms with Gasteiger partial charge in [-0.2, -0.15) is 5.10 Å². The van der Waals surface area contributed by atoms with E-state index in [0.717, 1.165) is 41.8 Å². The largest absolute Gasteiger partial charge is 0.361 e. The Kier molecular flexibility index (Phi) is 4.01. The molecule has 26 heavy (non-hydrogen) atoms. The van der Waals surface area contributed by atoms with Crippen LogP contribution in [-0.4, -0.2) is 43.8 Å². The Morgan fingerprint density at radius 2 is 2.04 bits per heavy atom. The summed E-state index contributed by atoms with van der Waals surface area (Å²) in [6.07, 6.45) is 1.99. The van der Waals surface area contributed by atoms with Gasteiger partial charge in [0.1, 0.15) is 11.3 Å². The molecular weight excluding hydrogens is 330 g/mol. The van der Waals surface area contributed by atoms with E-state index < -0.39 is 0 Å². The lowest BCUT2D eigenvalue weighted by molar-refractivity contribution is 0.0703. The summed E-state index contributed by atoms with van der Waals surface area (Å²) in [7, 11) is 1.92. The van der Waals surface area contributed by atoms with Crippen molar-refractivity contribution in [2.24, 2.45) is 7.05 Å².